The molecular weight excluding hydrogens is 390 g/mol. The maximum Gasteiger partial charge on any atom is 0.269 e. The third kappa shape index (κ3) is 5.32. The van der Waals surface area contributed by atoms with Crippen LogP contribution in [0, 0.1) is 0 Å². The van der Waals surface area contributed by atoms with E-state index < -0.39 is 11.8 Å². The van der Waals surface area contributed by atoms with Crippen molar-refractivity contribution in [2.45, 2.75) is 20.0 Å². The second kappa shape index (κ2) is 9.70. The van der Waals surface area contributed by atoms with Crippen LogP contribution in [0.4, 0.5) is 0 Å². The van der Waals surface area contributed by atoms with E-state index in [0.29, 0.717) is 29.2 Å². The van der Waals surface area contributed by atoms with Gasteiger partial charge in [0.05, 0.1) is 18.3 Å². The number of amides is 2. The standard InChI is InChI=1S/C21H21N3O4S/c1-3-14-4-6-15(7-5-14)20(25)23-24-21(26)16-8-9-18(19(10-16)27-2)28-11-17-12-29-13-22-17/h4-10,12-13H,3,11H2,1-2H3,(H,23,25)(H,24,26). The van der Waals surface area contributed by atoms with Gasteiger partial charge >= 0.3 is 0 Å². The minimum Gasteiger partial charge on any atom is -0.493 e. The molecule has 0 aliphatic carbocycles. The summed E-state index contributed by atoms with van der Waals surface area (Å²) in [6.45, 7) is 2.34. The van der Waals surface area contributed by atoms with Crippen molar-refractivity contribution >= 4 is 23.2 Å². The number of aryl methyl sites for hydroxylation is 1. The first-order valence-corrected chi connectivity index (χ1v) is 9.92. The first-order chi connectivity index (χ1) is 14.1. The summed E-state index contributed by atoms with van der Waals surface area (Å²) in [7, 11) is 1.49. The highest BCUT2D eigenvalue weighted by Crippen LogP contribution is 2.28. The minimum absolute atomic E-state index is 0.304. The molecule has 2 N–H and O–H groups in total. The molecule has 2 aromatic carbocycles. The highest BCUT2D eigenvalue weighted by Gasteiger charge is 2.13. The number of hydrogen-bond donors (Lipinski definition) is 2. The van der Waals surface area contributed by atoms with Crippen LogP contribution in [-0.4, -0.2) is 23.9 Å². The SMILES string of the molecule is CCc1ccc(C(=O)NNC(=O)c2ccc(OCc3cscn3)c(OC)c2)cc1. The van der Waals surface area contributed by atoms with Gasteiger partial charge in [-0.2, -0.15) is 0 Å². The molecule has 3 rings (SSSR count). The van der Waals surface area contributed by atoms with E-state index >= 15 is 0 Å². The van der Waals surface area contributed by atoms with Crippen LogP contribution < -0.4 is 20.3 Å². The molecule has 2 amide bonds. The lowest BCUT2D eigenvalue weighted by atomic mass is 10.1. The van der Waals surface area contributed by atoms with E-state index in [1.807, 2.05) is 24.4 Å². The average Bonchev–Trinajstić information content (AvgIpc) is 3.29. The summed E-state index contributed by atoms with van der Waals surface area (Å²) >= 11 is 1.49. The Morgan fingerprint density at radius 1 is 1.00 bits per heavy atom. The molecule has 0 saturated heterocycles. The molecule has 1 heterocycles. The third-order valence-electron chi connectivity index (χ3n) is 4.20. The summed E-state index contributed by atoms with van der Waals surface area (Å²) in [5.74, 6) is 0.0514. The van der Waals surface area contributed by atoms with Crippen LogP contribution in [0.1, 0.15) is 38.9 Å². The fourth-order valence-corrected chi connectivity index (χ4v) is 3.08. The number of rotatable bonds is 7. The number of nitrogens with one attached hydrogen (secondary N) is 2. The van der Waals surface area contributed by atoms with Crippen molar-refractivity contribution in [2.24, 2.45) is 0 Å². The lowest BCUT2D eigenvalue weighted by molar-refractivity contribution is 0.0846. The molecule has 0 saturated carbocycles. The molecule has 150 valence electrons. The second-order valence-corrected chi connectivity index (χ2v) is 6.81. The number of nitrogens with zero attached hydrogens (tertiary/aromatic N) is 1. The van der Waals surface area contributed by atoms with E-state index in [2.05, 4.69) is 15.8 Å². The van der Waals surface area contributed by atoms with Gasteiger partial charge in [-0.1, -0.05) is 19.1 Å². The Bertz CT molecular complexity index is 972. The van der Waals surface area contributed by atoms with E-state index in [1.54, 1.807) is 35.8 Å². The smallest absolute Gasteiger partial charge is 0.269 e. The Morgan fingerprint density at radius 2 is 1.69 bits per heavy atom. The maximum atomic E-state index is 12.4. The highest BCUT2D eigenvalue weighted by molar-refractivity contribution is 7.07. The van der Waals surface area contributed by atoms with Crippen LogP contribution in [0.3, 0.4) is 0 Å². The molecule has 0 fully saturated rings. The van der Waals surface area contributed by atoms with Crippen LogP contribution in [0.25, 0.3) is 0 Å². The molecule has 7 nitrogen and oxygen atoms in total. The Morgan fingerprint density at radius 3 is 2.31 bits per heavy atom. The van der Waals surface area contributed by atoms with Crippen molar-refractivity contribution in [3.8, 4) is 11.5 Å². The molecular formula is C21H21N3O4S. The summed E-state index contributed by atoms with van der Waals surface area (Å²) in [5, 5.41) is 1.90. The molecule has 0 bridgehead atoms. The molecule has 0 aliphatic heterocycles. The number of ether oxygens (including phenoxy) is 2. The fourth-order valence-electron chi connectivity index (χ4n) is 2.54. The van der Waals surface area contributed by atoms with E-state index in [1.165, 1.54) is 18.4 Å². The van der Waals surface area contributed by atoms with Gasteiger partial charge in [0.2, 0.25) is 0 Å². The summed E-state index contributed by atoms with van der Waals surface area (Å²) < 4.78 is 11.0. The zero-order valence-corrected chi connectivity index (χ0v) is 16.9. The number of carbonyl (C=O) groups excluding carboxylic acids is 2. The van der Waals surface area contributed by atoms with E-state index in [4.69, 9.17) is 9.47 Å². The number of benzene rings is 2. The van der Waals surface area contributed by atoms with Gasteiger partial charge in [0.1, 0.15) is 6.61 Å². The predicted octanol–water partition coefficient (Wildman–Crippen LogP) is 3.37. The highest BCUT2D eigenvalue weighted by atomic mass is 32.1. The van der Waals surface area contributed by atoms with Crippen molar-refractivity contribution in [3.05, 3.63) is 75.7 Å². The molecule has 0 unspecified atom stereocenters. The summed E-state index contributed by atoms with van der Waals surface area (Å²) in [5.41, 5.74) is 9.29. The summed E-state index contributed by atoms with van der Waals surface area (Å²) in [6.07, 6.45) is 0.893. The molecule has 1 aromatic heterocycles. The molecule has 8 heteroatoms. The zero-order valence-electron chi connectivity index (χ0n) is 16.1. The van der Waals surface area contributed by atoms with Crippen molar-refractivity contribution in [3.63, 3.8) is 0 Å². The minimum atomic E-state index is -0.465. The Kier molecular flexibility index (Phi) is 6.80. The van der Waals surface area contributed by atoms with Crippen molar-refractivity contribution in [1.82, 2.24) is 15.8 Å². The lowest BCUT2D eigenvalue weighted by Crippen LogP contribution is -2.41. The largest absolute Gasteiger partial charge is 0.493 e. The van der Waals surface area contributed by atoms with Crippen LogP contribution in [0.2, 0.25) is 0 Å². The van der Waals surface area contributed by atoms with E-state index in [0.717, 1.165) is 17.7 Å². The molecule has 0 radical (unpaired) electrons. The predicted molar refractivity (Wildman–Crippen MR) is 110 cm³/mol. The first-order valence-electron chi connectivity index (χ1n) is 8.98. The van der Waals surface area contributed by atoms with Gasteiger partial charge in [-0.3, -0.25) is 20.4 Å². The molecule has 29 heavy (non-hydrogen) atoms. The van der Waals surface area contributed by atoms with Crippen LogP contribution in [-0.2, 0) is 13.0 Å². The number of aromatic nitrogens is 1. The van der Waals surface area contributed by atoms with Crippen LogP contribution >= 0.6 is 11.3 Å². The van der Waals surface area contributed by atoms with Crippen molar-refractivity contribution in [1.29, 1.82) is 0 Å². The summed E-state index contributed by atoms with van der Waals surface area (Å²) in [4.78, 5) is 28.7. The lowest BCUT2D eigenvalue weighted by Gasteiger charge is -2.12. The zero-order chi connectivity index (χ0) is 20.6. The average molecular weight is 411 g/mol. The molecule has 3 aromatic rings. The number of thiazole rings is 1. The first kappa shape index (κ1) is 20.3. The van der Waals surface area contributed by atoms with Crippen LogP contribution in [0.15, 0.2) is 53.4 Å². The van der Waals surface area contributed by atoms with Gasteiger partial charge in [-0.25, -0.2) is 4.98 Å². The van der Waals surface area contributed by atoms with E-state index in [-0.39, 0.29) is 0 Å². The van der Waals surface area contributed by atoms with E-state index in [9.17, 15) is 9.59 Å². The van der Waals surface area contributed by atoms with Gasteiger partial charge in [0.15, 0.2) is 11.5 Å². The van der Waals surface area contributed by atoms with Gasteiger partial charge in [0, 0.05) is 16.5 Å². The van der Waals surface area contributed by atoms with Crippen molar-refractivity contribution in [2.75, 3.05) is 7.11 Å². The normalized spacial score (nSPS) is 10.3. The summed E-state index contributed by atoms with van der Waals surface area (Å²) in [6, 6.07) is 12.0. The third-order valence-corrected chi connectivity index (χ3v) is 4.83. The Labute approximate surface area is 172 Å². The molecule has 0 spiro atoms. The molecule has 0 aliphatic rings. The second-order valence-electron chi connectivity index (χ2n) is 6.09. The Balaban J connectivity index is 1.60. The number of hydrogen-bond acceptors (Lipinski definition) is 6. The number of methoxy groups -OCH3 is 1. The van der Waals surface area contributed by atoms with Gasteiger partial charge in [-0.15, -0.1) is 11.3 Å². The van der Waals surface area contributed by atoms with Gasteiger partial charge < -0.3 is 9.47 Å². The number of hydrazine groups is 1. The number of carbonyl (C=O) groups is 2. The van der Waals surface area contributed by atoms with Crippen molar-refractivity contribution < 1.29 is 19.1 Å². The molecule has 0 atom stereocenters. The fraction of sp³-hybridized carbons (Fsp3) is 0.190. The van der Waals surface area contributed by atoms with Gasteiger partial charge in [-0.05, 0) is 42.3 Å². The topological polar surface area (TPSA) is 89.6 Å². The monoisotopic (exact) mass is 411 g/mol. The Hall–Kier alpha value is -3.39. The van der Waals surface area contributed by atoms with Crippen LogP contribution in [0.5, 0.6) is 11.5 Å². The van der Waals surface area contributed by atoms with Gasteiger partial charge in [0.25, 0.3) is 11.8 Å². The quantitative estimate of drug-likeness (QED) is 0.582. The maximum absolute atomic E-state index is 12.4.